The minimum Gasteiger partial charge on any atom is -0.377 e. The number of rotatable bonds is 2. The van der Waals surface area contributed by atoms with Gasteiger partial charge in [-0.05, 0) is 24.6 Å². The lowest BCUT2D eigenvalue weighted by Crippen LogP contribution is -2.49. The van der Waals surface area contributed by atoms with Crippen molar-refractivity contribution in [3.05, 3.63) is 53.8 Å². The fourth-order valence-corrected chi connectivity index (χ4v) is 4.23. The van der Waals surface area contributed by atoms with Gasteiger partial charge in [-0.1, -0.05) is 6.08 Å². The monoisotopic (exact) mass is 431 g/mol. The zero-order chi connectivity index (χ0) is 21.6. The highest BCUT2D eigenvalue weighted by atomic mass is 19.4. The number of aromatic amines is 2. The Balaban J connectivity index is 1.64. The first kappa shape index (κ1) is 19.7. The second-order valence-corrected chi connectivity index (χ2v) is 7.66. The van der Waals surface area contributed by atoms with Crippen molar-refractivity contribution in [1.82, 2.24) is 25.3 Å². The predicted octanol–water partition coefficient (Wildman–Crippen LogP) is 2.67. The first-order valence-electron chi connectivity index (χ1n) is 9.92. The molecule has 5 rings (SSSR count). The van der Waals surface area contributed by atoms with Gasteiger partial charge in [-0.25, -0.2) is 0 Å². The number of fused-ring (bicyclic) bond motifs is 1. The molecule has 5 heterocycles. The summed E-state index contributed by atoms with van der Waals surface area (Å²) in [5.74, 6) is 0.193. The summed E-state index contributed by atoms with van der Waals surface area (Å²) in [7, 11) is 0. The van der Waals surface area contributed by atoms with Gasteiger partial charge in [0.1, 0.15) is 17.6 Å². The van der Waals surface area contributed by atoms with Crippen molar-refractivity contribution in [2.75, 3.05) is 19.8 Å². The van der Waals surface area contributed by atoms with Gasteiger partial charge in [0.05, 0.1) is 36.9 Å². The molecule has 3 atom stereocenters. The SMILES string of the molecule is C[C@@H]1COCCN1C1=NC2C(c3ccn[nH]3)=NC=CC2C(c2cn[nH]c2C(F)(F)F)=C1. The van der Waals surface area contributed by atoms with Crippen LogP contribution in [0.25, 0.3) is 5.57 Å². The van der Waals surface area contributed by atoms with E-state index in [1.807, 2.05) is 6.92 Å². The van der Waals surface area contributed by atoms with Gasteiger partial charge >= 0.3 is 6.18 Å². The van der Waals surface area contributed by atoms with Gasteiger partial charge in [0.15, 0.2) is 0 Å². The van der Waals surface area contributed by atoms with E-state index in [9.17, 15) is 13.2 Å². The van der Waals surface area contributed by atoms with E-state index in [1.54, 1.807) is 30.6 Å². The number of nitrogens with one attached hydrogen (secondary N) is 2. The van der Waals surface area contributed by atoms with Crippen molar-refractivity contribution in [1.29, 1.82) is 0 Å². The number of H-pyrrole nitrogens is 2. The van der Waals surface area contributed by atoms with Crippen LogP contribution in [0.4, 0.5) is 13.2 Å². The van der Waals surface area contributed by atoms with Gasteiger partial charge in [-0.3, -0.25) is 20.2 Å². The van der Waals surface area contributed by atoms with E-state index in [0.717, 1.165) is 0 Å². The number of ether oxygens (including phenoxy) is 1. The van der Waals surface area contributed by atoms with Crippen LogP contribution in [0.5, 0.6) is 0 Å². The van der Waals surface area contributed by atoms with Crippen LogP contribution in [0.15, 0.2) is 46.8 Å². The molecule has 162 valence electrons. The molecule has 0 radical (unpaired) electrons. The maximum absolute atomic E-state index is 13.7. The Morgan fingerprint density at radius 3 is 2.84 bits per heavy atom. The third-order valence-electron chi connectivity index (χ3n) is 5.71. The maximum atomic E-state index is 13.7. The number of morpholine rings is 1. The third-order valence-corrected chi connectivity index (χ3v) is 5.71. The van der Waals surface area contributed by atoms with Crippen LogP contribution in [0.1, 0.15) is 23.9 Å². The van der Waals surface area contributed by atoms with Crippen LogP contribution in [0.3, 0.4) is 0 Å². The molecular weight excluding hydrogens is 411 g/mol. The summed E-state index contributed by atoms with van der Waals surface area (Å²) in [6, 6.07) is 1.32. The lowest BCUT2D eigenvalue weighted by atomic mass is 9.80. The van der Waals surface area contributed by atoms with Gasteiger partial charge < -0.3 is 9.64 Å². The zero-order valence-corrected chi connectivity index (χ0v) is 16.6. The molecule has 3 aliphatic heterocycles. The van der Waals surface area contributed by atoms with Crippen LogP contribution in [-0.2, 0) is 10.9 Å². The number of amidine groups is 1. The Morgan fingerprint density at radius 1 is 1.23 bits per heavy atom. The molecule has 1 fully saturated rings. The van der Waals surface area contributed by atoms with Gasteiger partial charge in [-0.15, -0.1) is 0 Å². The summed E-state index contributed by atoms with van der Waals surface area (Å²) in [5, 5.41) is 12.7. The van der Waals surface area contributed by atoms with E-state index < -0.39 is 23.8 Å². The zero-order valence-electron chi connectivity index (χ0n) is 16.6. The molecule has 0 bridgehead atoms. The number of aliphatic imine (C=N–C) groups is 2. The van der Waals surface area contributed by atoms with E-state index >= 15 is 0 Å². The van der Waals surface area contributed by atoms with Crippen molar-refractivity contribution in [3.63, 3.8) is 0 Å². The average molecular weight is 431 g/mol. The van der Waals surface area contributed by atoms with Crippen molar-refractivity contribution in [2.24, 2.45) is 15.9 Å². The number of hydrogen-bond donors (Lipinski definition) is 2. The summed E-state index contributed by atoms with van der Waals surface area (Å²) in [6.07, 6.45) is 3.41. The largest absolute Gasteiger partial charge is 0.433 e. The predicted molar refractivity (Wildman–Crippen MR) is 108 cm³/mol. The van der Waals surface area contributed by atoms with Crippen molar-refractivity contribution in [2.45, 2.75) is 25.2 Å². The minimum absolute atomic E-state index is 0.0197. The Labute approximate surface area is 175 Å². The van der Waals surface area contributed by atoms with Crippen LogP contribution in [-0.4, -0.2) is 68.7 Å². The van der Waals surface area contributed by atoms with Crippen LogP contribution >= 0.6 is 0 Å². The first-order valence-corrected chi connectivity index (χ1v) is 9.92. The third kappa shape index (κ3) is 3.48. The second-order valence-electron chi connectivity index (χ2n) is 7.66. The Hall–Kier alpha value is -3.21. The van der Waals surface area contributed by atoms with E-state index in [1.165, 1.54) is 6.20 Å². The van der Waals surface area contributed by atoms with Gasteiger partial charge in [0.25, 0.3) is 0 Å². The Morgan fingerprint density at radius 2 is 2.10 bits per heavy atom. The van der Waals surface area contributed by atoms with Crippen LogP contribution in [0.2, 0.25) is 0 Å². The Bertz CT molecular complexity index is 1080. The number of hydrogen-bond acceptors (Lipinski definition) is 6. The van der Waals surface area contributed by atoms with Gasteiger partial charge in [0.2, 0.25) is 0 Å². The normalized spacial score (nSPS) is 26.3. The molecule has 2 N–H and O–H groups in total. The molecule has 0 spiro atoms. The quantitative estimate of drug-likeness (QED) is 0.765. The molecule has 0 aliphatic carbocycles. The fourth-order valence-electron chi connectivity index (χ4n) is 4.23. The molecule has 1 saturated heterocycles. The van der Waals surface area contributed by atoms with E-state index in [-0.39, 0.29) is 11.6 Å². The number of nitrogens with zero attached hydrogens (tertiary/aromatic N) is 5. The summed E-state index contributed by atoms with van der Waals surface area (Å²) in [4.78, 5) is 11.5. The summed E-state index contributed by atoms with van der Waals surface area (Å²) in [5.41, 5.74) is 0.963. The average Bonchev–Trinajstić information content (AvgIpc) is 3.45. The molecule has 3 aliphatic rings. The van der Waals surface area contributed by atoms with E-state index in [4.69, 9.17) is 9.73 Å². The molecule has 2 unspecified atom stereocenters. The molecule has 0 saturated carbocycles. The number of dihydropyridines is 1. The molecule has 11 heteroatoms. The van der Waals surface area contributed by atoms with Crippen LogP contribution in [0, 0.1) is 5.92 Å². The summed E-state index contributed by atoms with van der Waals surface area (Å²) < 4.78 is 46.5. The Kier molecular flexibility index (Phi) is 4.77. The standard InChI is InChI=1S/C20H20F3N7O/c1-11-10-31-7-6-30(11)16-8-13(14-9-26-29-19(14)20(21,22)23)12-2-4-24-18(17(12)27-16)15-3-5-25-28-15/h2-5,8-9,11-12,17H,6-7,10H2,1H3,(H,25,28)(H,26,29)/t11-,12?,17?/m1/s1. The molecule has 0 aromatic carbocycles. The highest BCUT2D eigenvalue weighted by Crippen LogP contribution is 2.41. The minimum atomic E-state index is -4.55. The molecular formula is C20H20F3N7O. The number of aromatic nitrogens is 4. The second kappa shape index (κ2) is 7.49. The van der Waals surface area contributed by atoms with E-state index in [0.29, 0.717) is 42.6 Å². The van der Waals surface area contributed by atoms with Crippen molar-refractivity contribution < 1.29 is 17.9 Å². The smallest absolute Gasteiger partial charge is 0.377 e. The molecule has 2 aromatic heterocycles. The fraction of sp³-hybridized carbons (Fsp3) is 0.400. The van der Waals surface area contributed by atoms with Crippen molar-refractivity contribution >= 4 is 17.1 Å². The summed E-state index contributed by atoms with van der Waals surface area (Å²) in [6.45, 7) is 3.66. The van der Waals surface area contributed by atoms with E-state index in [2.05, 4.69) is 30.3 Å². The van der Waals surface area contributed by atoms with Gasteiger partial charge in [-0.2, -0.15) is 23.4 Å². The molecule has 31 heavy (non-hydrogen) atoms. The lowest BCUT2D eigenvalue weighted by Gasteiger charge is -2.39. The molecule has 2 aromatic rings. The summed E-state index contributed by atoms with van der Waals surface area (Å²) >= 11 is 0. The topological polar surface area (TPSA) is 94.6 Å². The molecule has 8 nitrogen and oxygen atoms in total. The number of halogens is 3. The number of alkyl halides is 3. The lowest BCUT2D eigenvalue weighted by molar-refractivity contribution is -0.141. The van der Waals surface area contributed by atoms with Crippen LogP contribution < -0.4 is 0 Å². The van der Waals surface area contributed by atoms with Gasteiger partial charge in [0, 0.05) is 30.4 Å². The highest BCUT2D eigenvalue weighted by Gasteiger charge is 2.42. The molecule has 0 amide bonds. The van der Waals surface area contributed by atoms with Crippen molar-refractivity contribution in [3.8, 4) is 0 Å². The maximum Gasteiger partial charge on any atom is 0.433 e. The first-order chi connectivity index (χ1) is 14.9. The highest BCUT2D eigenvalue weighted by molar-refractivity contribution is 6.11.